The van der Waals surface area contributed by atoms with Crippen molar-refractivity contribution < 1.29 is 32.2 Å². The molecule has 0 saturated heterocycles. The number of aryl methyl sites for hydroxylation is 1. The van der Waals surface area contributed by atoms with Crippen LogP contribution in [0.15, 0.2) is 42.6 Å². The van der Waals surface area contributed by atoms with Crippen LogP contribution in [0.4, 0.5) is 23.8 Å². The van der Waals surface area contributed by atoms with E-state index in [4.69, 9.17) is 15.2 Å². The number of halogens is 3. The van der Waals surface area contributed by atoms with Crippen LogP contribution in [-0.2, 0) is 18.0 Å². The number of carbonyl (C=O) groups is 2. The van der Waals surface area contributed by atoms with Gasteiger partial charge in [0.15, 0.2) is 0 Å². The molecule has 0 fully saturated rings. The normalized spacial score (nSPS) is 14.9. The van der Waals surface area contributed by atoms with Crippen LogP contribution in [0, 0.1) is 0 Å². The van der Waals surface area contributed by atoms with E-state index >= 15 is 0 Å². The van der Waals surface area contributed by atoms with Gasteiger partial charge in [0.1, 0.15) is 24.2 Å². The van der Waals surface area contributed by atoms with Gasteiger partial charge in [-0.1, -0.05) is 6.07 Å². The highest BCUT2D eigenvalue weighted by molar-refractivity contribution is 6.10. The molecule has 2 aromatic heterocycles. The number of rotatable bonds is 3. The number of alkyl halides is 3. The number of pyridine rings is 1. The minimum Gasteiger partial charge on any atom is -0.491 e. The highest BCUT2D eigenvalue weighted by Crippen LogP contribution is 2.40. The molecule has 1 aliphatic rings. The van der Waals surface area contributed by atoms with E-state index in [0.717, 1.165) is 17.1 Å². The maximum Gasteiger partial charge on any atom is 0.426 e. The van der Waals surface area contributed by atoms with E-state index in [0.29, 0.717) is 33.2 Å². The molecule has 13 heteroatoms. The molecule has 0 bridgehead atoms. The average molecular weight is 514 g/mol. The molecular weight excluding hydrogens is 493 g/mol. The number of benzene rings is 2. The molecule has 3 N–H and O–H groups in total. The number of nitrogen functional groups attached to an aromatic ring is 1. The molecule has 0 radical (unpaired) electrons. The number of amides is 2. The summed E-state index contributed by atoms with van der Waals surface area (Å²) in [5.41, 5.74) is 9.25. The standard InChI is InChI=1S/C24H21F3N6O4/c1-3-36-23(35)31-33(18-11-37-19-9-13(24(25,26)27)5-6-14(18)19)22(34)12-4-7-17-15(8-12)20-16(21(28)30-17)10-29-32(20)2/h4-10,18H,3,11H2,1-2H3,(H2,28,30)(H,31,35). The Morgan fingerprint density at radius 3 is 2.76 bits per heavy atom. The summed E-state index contributed by atoms with van der Waals surface area (Å²) in [7, 11) is 1.73. The molecule has 1 atom stereocenters. The Morgan fingerprint density at radius 2 is 2.03 bits per heavy atom. The molecule has 37 heavy (non-hydrogen) atoms. The number of hydrogen-bond donors (Lipinski definition) is 2. The van der Waals surface area contributed by atoms with Gasteiger partial charge in [-0.2, -0.15) is 18.3 Å². The van der Waals surface area contributed by atoms with Crippen molar-refractivity contribution in [1.82, 2.24) is 25.2 Å². The molecule has 2 aromatic carbocycles. The molecule has 0 spiro atoms. The first-order chi connectivity index (χ1) is 17.6. The number of nitrogens with zero attached hydrogens (tertiary/aromatic N) is 4. The number of hydrogen-bond acceptors (Lipinski definition) is 7. The Bertz CT molecular complexity index is 1550. The number of ether oxygens (including phenoxy) is 2. The number of hydrazine groups is 1. The van der Waals surface area contributed by atoms with Crippen molar-refractivity contribution in [3.05, 3.63) is 59.3 Å². The van der Waals surface area contributed by atoms with Crippen molar-refractivity contribution in [2.75, 3.05) is 18.9 Å². The zero-order valence-corrected chi connectivity index (χ0v) is 19.7. The molecule has 3 heterocycles. The van der Waals surface area contributed by atoms with Gasteiger partial charge < -0.3 is 15.2 Å². The Labute approximate surface area is 207 Å². The summed E-state index contributed by atoms with van der Waals surface area (Å²) in [5.74, 6) is -0.375. The predicted molar refractivity (Wildman–Crippen MR) is 126 cm³/mol. The molecule has 5 rings (SSSR count). The molecule has 2 amide bonds. The first kappa shape index (κ1) is 24.2. The van der Waals surface area contributed by atoms with Crippen LogP contribution in [-0.4, -0.2) is 45.0 Å². The van der Waals surface area contributed by atoms with Crippen molar-refractivity contribution in [2.24, 2.45) is 7.05 Å². The van der Waals surface area contributed by atoms with Crippen molar-refractivity contribution >= 4 is 39.6 Å². The van der Waals surface area contributed by atoms with Crippen LogP contribution >= 0.6 is 0 Å². The van der Waals surface area contributed by atoms with Crippen molar-refractivity contribution in [2.45, 2.75) is 19.1 Å². The van der Waals surface area contributed by atoms with E-state index < -0.39 is 29.8 Å². The van der Waals surface area contributed by atoms with Crippen molar-refractivity contribution in [1.29, 1.82) is 0 Å². The number of anilines is 1. The lowest BCUT2D eigenvalue weighted by Crippen LogP contribution is -2.49. The molecule has 0 aliphatic carbocycles. The zero-order chi connectivity index (χ0) is 26.5. The summed E-state index contributed by atoms with van der Waals surface area (Å²) in [6.07, 6.45) is -3.89. The van der Waals surface area contributed by atoms with E-state index in [1.54, 1.807) is 37.0 Å². The number of carbonyl (C=O) groups excluding carboxylic acids is 2. The second-order valence-electron chi connectivity index (χ2n) is 8.34. The van der Waals surface area contributed by atoms with Crippen LogP contribution in [0.3, 0.4) is 0 Å². The van der Waals surface area contributed by atoms with Gasteiger partial charge in [-0.05, 0) is 37.3 Å². The van der Waals surface area contributed by atoms with Gasteiger partial charge in [0, 0.05) is 23.6 Å². The van der Waals surface area contributed by atoms with E-state index in [9.17, 15) is 22.8 Å². The lowest BCUT2D eigenvalue weighted by atomic mass is 10.0. The monoisotopic (exact) mass is 514 g/mol. The van der Waals surface area contributed by atoms with Crippen LogP contribution in [0.2, 0.25) is 0 Å². The van der Waals surface area contributed by atoms with Gasteiger partial charge >= 0.3 is 12.3 Å². The summed E-state index contributed by atoms with van der Waals surface area (Å²) < 4.78 is 51.6. The molecule has 192 valence electrons. The van der Waals surface area contributed by atoms with E-state index in [-0.39, 0.29) is 24.5 Å². The fraction of sp³-hybridized carbons (Fsp3) is 0.250. The molecular formula is C24H21F3N6O4. The number of fused-ring (bicyclic) bond motifs is 4. The van der Waals surface area contributed by atoms with Crippen LogP contribution < -0.4 is 15.9 Å². The SMILES string of the molecule is CCOC(=O)NN(C(=O)c1ccc2nc(N)c3cnn(C)c3c2c1)C1COc2cc(C(F)(F)F)ccc21. The summed E-state index contributed by atoms with van der Waals surface area (Å²) in [4.78, 5) is 30.4. The molecule has 1 aliphatic heterocycles. The average Bonchev–Trinajstić information content (AvgIpc) is 3.45. The second kappa shape index (κ2) is 8.84. The predicted octanol–water partition coefficient (Wildman–Crippen LogP) is 3.96. The molecule has 0 saturated carbocycles. The van der Waals surface area contributed by atoms with E-state index in [1.807, 2.05) is 0 Å². The van der Waals surface area contributed by atoms with Crippen molar-refractivity contribution in [3.63, 3.8) is 0 Å². The molecule has 10 nitrogen and oxygen atoms in total. The highest BCUT2D eigenvalue weighted by Gasteiger charge is 2.38. The van der Waals surface area contributed by atoms with E-state index in [1.165, 1.54) is 12.1 Å². The minimum atomic E-state index is -4.56. The van der Waals surface area contributed by atoms with Crippen LogP contribution in [0.5, 0.6) is 5.75 Å². The Hall–Kier alpha value is -4.55. The second-order valence-corrected chi connectivity index (χ2v) is 8.34. The number of nitrogens with one attached hydrogen (secondary N) is 1. The Balaban J connectivity index is 1.57. The first-order valence-corrected chi connectivity index (χ1v) is 11.2. The summed E-state index contributed by atoms with van der Waals surface area (Å²) in [6, 6.07) is 6.82. The largest absolute Gasteiger partial charge is 0.491 e. The van der Waals surface area contributed by atoms with Crippen LogP contribution in [0.1, 0.15) is 34.5 Å². The van der Waals surface area contributed by atoms with Gasteiger partial charge in [0.2, 0.25) is 0 Å². The maximum atomic E-state index is 13.7. The zero-order valence-electron chi connectivity index (χ0n) is 19.7. The van der Waals surface area contributed by atoms with E-state index in [2.05, 4.69) is 15.5 Å². The van der Waals surface area contributed by atoms with Crippen LogP contribution in [0.25, 0.3) is 21.8 Å². The minimum absolute atomic E-state index is 0.0296. The number of nitrogens with two attached hydrogens (primary N) is 1. The topological polar surface area (TPSA) is 125 Å². The lowest BCUT2D eigenvalue weighted by molar-refractivity contribution is -0.137. The Kier molecular flexibility index (Phi) is 5.77. The van der Waals surface area contributed by atoms with Gasteiger partial charge in [-0.25, -0.2) is 20.2 Å². The molecule has 1 unspecified atom stereocenters. The first-order valence-electron chi connectivity index (χ1n) is 11.2. The Morgan fingerprint density at radius 1 is 1.24 bits per heavy atom. The fourth-order valence-electron chi connectivity index (χ4n) is 4.34. The quantitative estimate of drug-likeness (QED) is 0.397. The third kappa shape index (κ3) is 4.21. The van der Waals surface area contributed by atoms with Gasteiger partial charge in [0.25, 0.3) is 5.91 Å². The van der Waals surface area contributed by atoms with Gasteiger partial charge in [-0.3, -0.25) is 9.48 Å². The summed E-state index contributed by atoms with van der Waals surface area (Å²) >= 11 is 0. The highest BCUT2D eigenvalue weighted by atomic mass is 19.4. The smallest absolute Gasteiger partial charge is 0.426 e. The van der Waals surface area contributed by atoms with Crippen molar-refractivity contribution in [3.8, 4) is 5.75 Å². The number of aromatic nitrogens is 3. The third-order valence-corrected chi connectivity index (χ3v) is 6.07. The fourth-order valence-corrected chi connectivity index (χ4v) is 4.34. The van der Waals surface area contributed by atoms with Gasteiger partial charge in [-0.15, -0.1) is 0 Å². The van der Waals surface area contributed by atoms with Gasteiger partial charge in [0.05, 0.1) is 34.8 Å². The summed E-state index contributed by atoms with van der Waals surface area (Å²) in [5, 5.41) is 6.43. The molecule has 4 aromatic rings. The third-order valence-electron chi connectivity index (χ3n) is 6.07. The summed E-state index contributed by atoms with van der Waals surface area (Å²) in [6.45, 7) is 1.47. The lowest BCUT2D eigenvalue weighted by Gasteiger charge is -2.28. The maximum absolute atomic E-state index is 13.7.